The van der Waals surface area contributed by atoms with Gasteiger partial charge in [0, 0.05) is 6.42 Å². The fraction of sp³-hybridized carbons (Fsp3) is 0.417. The molecule has 2 heteroatoms. The van der Waals surface area contributed by atoms with E-state index in [0.29, 0.717) is 11.1 Å². The third-order valence-electron chi connectivity index (χ3n) is 2.51. The van der Waals surface area contributed by atoms with Crippen molar-refractivity contribution in [1.29, 1.82) is 0 Å². The van der Waals surface area contributed by atoms with Crippen molar-refractivity contribution in [2.75, 3.05) is 0 Å². The Hall–Kier alpha value is -1.18. The lowest BCUT2D eigenvalue weighted by Gasteiger charge is -2.11. The molecule has 0 aliphatic heterocycles. The van der Waals surface area contributed by atoms with Crippen molar-refractivity contribution >= 4 is 5.78 Å². The molecule has 0 radical (unpaired) electrons. The molecular weight excluding hydrogens is 179 g/mol. The molecule has 0 aromatic heterocycles. The second-order valence-corrected chi connectivity index (χ2v) is 3.81. The number of carbonyl (C=O) groups is 1. The lowest BCUT2D eigenvalue weighted by atomic mass is 9.96. The minimum atomic E-state index is -0.233. The van der Waals surface area contributed by atoms with E-state index < -0.39 is 0 Å². The molecule has 0 unspecified atom stereocenters. The zero-order valence-corrected chi connectivity index (χ0v) is 9.07. The van der Waals surface area contributed by atoms with Gasteiger partial charge in [0.05, 0.1) is 0 Å². The summed E-state index contributed by atoms with van der Waals surface area (Å²) in [6.45, 7) is 7.00. The van der Waals surface area contributed by atoms with Gasteiger partial charge in [0.25, 0.3) is 0 Å². The Morgan fingerprint density at radius 3 is 2.36 bits per heavy atom. The highest BCUT2D eigenvalue weighted by Gasteiger charge is 2.12. The molecule has 0 amide bonds. The molecule has 0 atom stereocenters. The number of Topliss-reactive ketones (excluding diaryl/α,β-unsaturated/α-hetero) is 1. The monoisotopic (exact) mass is 194 g/mol. The van der Waals surface area contributed by atoms with E-state index in [-0.39, 0.29) is 18.0 Å². The summed E-state index contributed by atoms with van der Waals surface area (Å²) in [6.07, 6.45) is 0.195. The molecule has 0 aliphatic carbocycles. The van der Waals surface area contributed by atoms with Gasteiger partial charge in [-0.15, -0.1) is 0 Å². The SMILES string of the molecule is CC(=O)Cc1c(C)c(C)cc(C)c1F. The van der Waals surface area contributed by atoms with Crippen molar-refractivity contribution in [3.8, 4) is 0 Å². The Kier molecular flexibility index (Phi) is 3.04. The average molecular weight is 194 g/mol. The highest BCUT2D eigenvalue weighted by atomic mass is 19.1. The molecule has 1 rings (SSSR count). The standard InChI is InChI=1S/C12H15FO/c1-7-5-8(2)12(13)11(10(7)4)6-9(3)14/h5H,6H2,1-4H3. The van der Waals surface area contributed by atoms with Crippen molar-refractivity contribution in [3.05, 3.63) is 34.1 Å². The number of carbonyl (C=O) groups excluding carboxylic acids is 1. The van der Waals surface area contributed by atoms with Crippen LogP contribution in [0.1, 0.15) is 29.2 Å². The molecule has 0 heterocycles. The highest BCUT2D eigenvalue weighted by Crippen LogP contribution is 2.21. The van der Waals surface area contributed by atoms with Crippen LogP contribution in [0.4, 0.5) is 4.39 Å². The number of ketones is 1. The molecule has 0 N–H and O–H groups in total. The van der Waals surface area contributed by atoms with Crippen LogP contribution < -0.4 is 0 Å². The average Bonchev–Trinajstić information content (AvgIpc) is 2.09. The van der Waals surface area contributed by atoms with E-state index in [0.717, 1.165) is 11.1 Å². The first-order valence-electron chi connectivity index (χ1n) is 4.68. The first kappa shape index (κ1) is 10.9. The third-order valence-corrected chi connectivity index (χ3v) is 2.51. The second kappa shape index (κ2) is 3.91. The Labute approximate surface area is 83.9 Å². The molecule has 1 aromatic rings. The topological polar surface area (TPSA) is 17.1 Å². The van der Waals surface area contributed by atoms with Crippen LogP contribution in [-0.2, 0) is 11.2 Å². The van der Waals surface area contributed by atoms with Gasteiger partial charge in [0.15, 0.2) is 0 Å². The van der Waals surface area contributed by atoms with Crippen molar-refractivity contribution in [2.24, 2.45) is 0 Å². The number of aryl methyl sites for hydroxylation is 2. The first-order chi connectivity index (χ1) is 6.43. The van der Waals surface area contributed by atoms with Gasteiger partial charge in [-0.2, -0.15) is 0 Å². The summed E-state index contributed by atoms with van der Waals surface area (Å²) in [7, 11) is 0. The van der Waals surface area contributed by atoms with E-state index in [1.807, 2.05) is 19.9 Å². The molecular formula is C12H15FO. The molecule has 0 spiro atoms. The van der Waals surface area contributed by atoms with Crippen LogP contribution in [0.5, 0.6) is 0 Å². The van der Waals surface area contributed by atoms with Crippen LogP contribution in [0.2, 0.25) is 0 Å². The van der Waals surface area contributed by atoms with Gasteiger partial charge in [-0.3, -0.25) is 4.79 Å². The van der Waals surface area contributed by atoms with Crippen molar-refractivity contribution in [1.82, 2.24) is 0 Å². The molecule has 0 fully saturated rings. The molecule has 0 saturated heterocycles. The number of hydrogen-bond donors (Lipinski definition) is 0. The summed E-state index contributed by atoms with van der Waals surface area (Å²) >= 11 is 0. The first-order valence-corrected chi connectivity index (χ1v) is 4.68. The molecule has 1 nitrogen and oxygen atoms in total. The summed E-state index contributed by atoms with van der Waals surface area (Å²) in [5.41, 5.74) is 3.10. The van der Waals surface area contributed by atoms with Crippen LogP contribution in [0.15, 0.2) is 6.07 Å². The van der Waals surface area contributed by atoms with Crippen molar-refractivity contribution in [2.45, 2.75) is 34.1 Å². The van der Waals surface area contributed by atoms with Crippen LogP contribution in [0, 0.1) is 26.6 Å². The number of rotatable bonds is 2. The maximum atomic E-state index is 13.7. The minimum Gasteiger partial charge on any atom is -0.300 e. The fourth-order valence-corrected chi connectivity index (χ4v) is 1.60. The normalized spacial score (nSPS) is 10.4. The fourth-order valence-electron chi connectivity index (χ4n) is 1.60. The summed E-state index contributed by atoms with van der Waals surface area (Å²) in [5.74, 6) is -0.236. The third kappa shape index (κ3) is 2.00. The second-order valence-electron chi connectivity index (χ2n) is 3.81. The minimum absolute atomic E-state index is 0.00278. The maximum Gasteiger partial charge on any atom is 0.134 e. The van der Waals surface area contributed by atoms with Crippen molar-refractivity contribution < 1.29 is 9.18 Å². The van der Waals surface area contributed by atoms with Gasteiger partial charge in [-0.1, -0.05) is 6.07 Å². The Morgan fingerprint density at radius 2 is 1.86 bits per heavy atom. The quantitative estimate of drug-likeness (QED) is 0.707. The Morgan fingerprint density at radius 1 is 1.29 bits per heavy atom. The van der Waals surface area contributed by atoms with Crippen LogP contribution in [0.3, 0.4) is 0 Å². The van der Waals surface area contributed by atoms with Gasteiger partial charge in [0.1, 0.15) is 11.6 Å². The molecule has 0 bridgehead atoms. The summed E-state index contributed by atoms with van der Waals surface area (Å²) < 4.78 is 13.7. The zero-order valence-electron chi connectivity index (χ0n) is 9.07. The molecule has 1 aromatic carbocycles. The van der Waals surface area contributed by atoms with Gasteiger partial charge < -0.3 is 0 Å². The number of halogens is 1. The number of hydrogen-bond acceptors (Lipinski definition) is 1. The molecule has 76 valence electrons. The predicted octanol–water partition coefficient (Wildman–Crippen LogP) is 2.88. The van der Waals surface area contributed by atoms with E-state index in [4.69, 9.17) is 0 Å². The van der Waals surface area contributed by atoms with E-state index in [9.17, 15) is 9.18 Å². The summed E-state index contributed by atoms with van der Waals surface area (Å²) in [4.78, 5) is 11.0. The Balaban J connectivity index is 3.31. The van der Waals surface area contributed by atoms with Gasteiger partial charge >= 0.3 is 0 Å². The van der Waals surface area contributed by atoms with Gasteiger partial charge in [-0.05, 0) is 49.9 Å². The van der Waals surface area contributed by atoms with E-state index in [2.05, 4.69) is 0 Å². The Bertz CT molecular complexity index is 354. The summed E-state index contributed by atoms with van der Waals surface area (Å²) in [5, 5.41) is 0. The van der Waals surface area contributed by atoms with Crippen LogP contribution >= 0.6 is 0 Å². The van der Waals surface area contributed by atoms with E-state index in [1.165, 1.54) is 6.92 Å². The van der Waals surface area contributed by atoms with Gasteiger partial charge in [0.2, 0.25) is 0 Å². The molecule has 14 heavy (non-hydrogen) atoms. The van der Waals surface area contributed by atoms with Gasteiger partial charge in [-0.25, -0.2) is 4.39 Å². The zero-order chi connectivity index (χ0) is 10.9. The number of benzene rings is 1. The smallest absolute Gasteiger partial charge is 0.134 e. The van der Waals surface area contributed by atoms with E-state index in [1.54, 1.807) is 6.92 Å². The molecule has 0 saturated carbocycles. The lowest BCUT2D eigenvalue weighted by Crippen LogP contribution is -2.05. The highest BCUT2D eigenvalue weighted by molar-refractivity contribution is 5.78. The predicted molar refractivity (Wildman–Crippen MR) is 55.0 cm³/mol. The van der Waals surface area contributed by atoms with E-state index >= 15 is 0 Å². The van der Waals surface area contributed by atoms with Crippen molar-refractivity contribution in [3.63, 3.8) is 0 Å². The maximum absolute atomic E-state index is 13.7. The lowest BCUT2D eigenvalue weighted by molar-refractivity contribution is -0.116. The summed E-state index contributed by atoms with van der Waals surface area (Å²) in [6, 6.07) is 1.81. The molecule has 0 aliphatic rings. The van der Waals surface area contributed by atoms with Crippen LogP contribution in [-0.4, -0.2) is 5.78 Å². The van der Waals surface area contributed by atoms with Crippen LogP contribution in [0.25, 0.3) is 0 Å². The largest absolute Gasteiger partial charge is 0.300 e.